The number of nitrogens with zero attached hydrogens (tertiary/aromatic N) is 1. The second kappa shape index (κ2) is 5.93. The molecule has 102 valence electrons. The van der Waals surface area contributed by atoms with Crippen molar-refractivity contribution in [1.82, 2.24) is 3.64 Å². The van der Waals surface area contributed by atoms with Crippen LogP contribution in [0.1, 0.15) is 12.8 Å². The number of allylic oxidation sites excluding steroid dienone is 3. The highest BCUT2D eigenvalue weighted by Crippen LogP contribution is 2.28. The smallest absolute Gasteiger partial charge is 0.278 e. The minimum absolute atomic E-state index is 0.283. The van der Waals surface area contributed by atoms with Crippen LogP contribution in [0.4, 0.5) is 11.4 Å². The van der Waals surface area contributed by atoms with Gasteiger partial charge in [-0.2, -0.15) is 16.5 Å². The van der Waals surface area contributed by atoms with Crippen LogP contribution < -0.4 is 13.8 Å². The third kappa shape index (κ3) is 2.93. The van der Waals surface area contributed by atoms with Gasteiger partial charge in [-0.1, -0.05) is 24.3 Å². The van der Waals surface area contributed by atoms with Crippen molar-refractivity contribution in [1.29, 1.82) is 0 Å². The predicted molar refractivity (Wildman–Crippen MR) is 85.9 cm³/mol. The molecule has 0 radical (unpaired) electrons. The lowest BCUT2D eigenvalue weighted by Crippen LogP contribution is -2.38. The van der Waals surface area contributed by atoms with Crippen molar-refractivity contribution in [2.75, 3.05) is 10.1 Å². The molecule has 1 aliphatic carbocycles. The lowest BCUT2D eigenvalue weighted by Gasteiger charge is -2.24. The van der Waals surface area contributed by atoms with Crippen molar-refractivity contribution in [3.05, 3.63) is 47.4 Å². The summed E-state index contributed by atoms with van der Waals surface area (Å²) in [5, 5.41) is 0. The molecule has 0 bridgehead atoms. The Kier molecular flexibility index (Phi) is 4.48. The molecule has 0 unspecified atom stereocenters. The summed E-state index contributed by atoms with van der Waals surface area (Å²) >= 11 is 1.78. The van der Waals surface area contributed by atoms with E-state index in [9.17, 15) is 8.42 Å². The minimum Gasteiger partial charge on any atom is -0.397 e. The van der Waals surface area contributed by atoms with E-state index >= 15 is 0 Å². The van der Waals surface area contributed by atoms with E-state index in [1.54, 1.807) is 59.3 Å². The van der Waals surface area contributed by atoms with E-state index < -0.39 is 10.0 Å². The first-order valence-electron chi connectivity index (χ1n) is 5.70. The molecule has 7 heteroatoms. The van der Waals surface area contributed by atoms with Crippen LogP contribution in [0.5, 0.6) is 0 Å². The highest BCUT2D eigenvalue weighted by Gasteiger charge is 2.27. The molecule has 0 atom stereocenters. The summed E-state index contributed by atoms with van der Waals surface area (Å²) < 4.78 is 28.9. The first-order chi connectivity index (χ1) is 9.07. The summed E-state index contributed by atoms with van der Waals surface area (Å²) in [6.07, 6.45) is 6.79. The Hall–Kier alpha value is -1.06. The number of rotatable bonds is 4. The molecule has 0 saturated carbocycles. The van der Waals surface area contributed by atoms with Crippen LogP contribution >= 0.6 is 22.9 Å². The molecule has 1 aromatic carbocycles. The molecule has 2 rings (SSSR count). The molecule has 0 heterocycles. The number of hydrazine groups is 1. The molecule has 0 fully saturated rings. The van der Waals surface area contributed by atoms with Gasteiger partial charge in [-0.3, -0.25) is 0 Å². The lowest BCUT2D eigenvalue weighted by atomic mass is 10.2. The van der Waals surface area contributed by atoms with Crippen molar-refractivity contribution in [2.24, 2.45) is 0 Å². The highest BCUT2D eigenvalue weighted by atomic mass is 127. The van der Waals surface area contributed by atoms with Gasteiger partial charge in [-0.05, 0) is 31.1 Å². The van der Waals surface area contributed by atoms with E-state index in [0.717, 1.165) is 17.3 Å². The van der Waals surface area contributed by atoms with Crippen LogP contribution in [0.3, 0.4) is 0 Å². The van der Waals surface area contributed by atoms with E-state index in [1.807, 2.05) is 6.08 Å². The normalized spacial score (nSPS) is 15.1. The molecule has 3 N–H and O–H groups in total. The van der Waals surface area contributed by atoms with Gasteiger partial charge in [0.25, 0.3) is 10.0 Å². The number of nitrogens with two attached hydrogens (primary N) is 1. The third-order valence-corrected chi connectivity index (χ3v) is 5.21. The molecule has 5 nitrogen and oxygen atoms in total. The Balaban J connectivity index is 2.45. The fraction of sp³-hybridized carbons (Fsp3) is 0.167. The van der Waals surface area contributed by atoms with Crippen LogP contribution in [0, 0.1) is 0 Å². The summed E-state index contributed by atoms with van der Waals surface area (Å²) in [4.78, 5) is 0.283. The van der Waals surface area contributed by atoms with Crippen LogP contribution in [0.25, 0.3) is 0 Å². The largest absolute Gasteiger partial charge is 0.397 e. The zero-order chi connectivity index (χ0) is 13.9. The van der Waals surface area contributed by atoms with Crippen molar-refractivity contribution >= 4 is 44.3 Å². The van der Waals surface area contributed by atoms with Crippen molar-refractivity contribution < 1.29 is 8.42 Å². The second-order valence-corrected chi connectivity index (χ2v) is 6.27. The first-order valence-corrected chi connectivity index (χ1v) is 8.22. The van der Waals surface area contributed by atoms with Gasteiger partial charge in [0.1, 0.15) is 0 Å². The van der Waals surface area contributed by atoms with Crippen molar-refractivity contribution in [3.8, 4) is 0 Å². The summed E-state index contributed by atoms with van der Waals surface area (Å²) in [6.45, 7) is 0. The van der Waals surface area contributed by atoms with Crippen LogP contribution in [-0.2, 0) is 10.0 Å². The Morgan fingerprint density at radius 3 is 2.58 bits per heavy atom. The number of nitrogen functional groups attached to an aromatic ring is 1. The van der Waals surface area contributed by atoms with Crippen LogP contribution in [0.2, 0.25) is 0 Å². The summed E-state index contributed by atoms with van der Waals surface area (Å²) in [5.74, 6) is 0. The molecular weight excluding hydrogens is 377 g/mol. The third-order valence-electron chi connectivity index (χ3n) is 2.73. The van der Waals surface area contributed by atoms with Crippen LogP contribution in [-0.4, -0.2) is 8.42 Å². The maximum atomic E-state index is 12.6. The maximum absolute atomic E-state index is 12.6. The maximum Gasteiger partial charge on any atom is 0.278 e. The number of benzene rings is 1. The molecule has 1 aromatic rings. The quantitative estimate of drug-likeness (QED) is 0.358. The number of hydrogen-bond donors (Lipinski definition) is 2. The van der Waals surface area contributed by atoms with E-state index in [0.29, 0.717) is 11.4 Å². The number of halogens is 1. The van der Waals surface area contributed by atoms with Crippen molar-refractivity contribution in [3.63, 3.8) is 0 Å². The topological polar surface area (TPSA) is 75.4 Å². The summed E-state index contributed by atoms with van der Waals surface area (Å²) in [7, 11) is -3.64. The first kappa shape index (κ1) is 14.4. The predicted octanol–water partition coefficient (Wildman–Crippen LogP) is 2.49. The Labute approximate surface area is 126 Å². The highest BCUT2D eigenvalue weighted by molar-refractivity contribution is 14.1. The zero-order valence-corrected chi connectivity index (χ0v) is 13.1. The molecule has 19 heavy (non-hydrogen) atoms. The number of anilines is 2. The SMILES string of the molecule is Nc1ccccc1N(NI)S(=O)(=O)C1=CCCC=C1. The van der Waals surface area contributed by atoms with E-state index in [2.05, 4.69) is 3.64 Å². The monoisotopic (exact) mass is 391 g/mol. The van der Waals surface area contributed by atoms with Gasteiger partial charge in [-0.25, -0.2) is 0 Å². The fourth-order valence-corrected chi connectivity index (χ4v) is 4.14. The number of para-hydroxylation sites is 2. The van der Waals surface area contributed by atoms with E-state index in [1.165, 1.54) is 0 Å². The molecule has 0 aliphatic heterocycles. The molecule has 0 spiro atoms. The van der Waals surface area contributed by atoms with Gasteiger partial charge < -0.3 is 5.73 Å². The summed E-state index contributed by atoms with van der Waals surface area (Å²) in [5.41, 5.74) is 6.65. The number of nitrogens with one attached hydrogen (secondary N) is 1. The zero-order valence-electron chi connectivity index (χ0n) is 10.1. The fourth-order valence-electron chi connectivity index (χ4n) is 1.78. The van der Waals surface area contributed by atoms with Gasteiger partial charge in [-0.15, -0.1) is 0 Å². The Morgan fingerprint density at radius 2 is 2.00 bits per heavy atom. The molecule has 0 aromatic heterocycles. The molecule has 0 amide bonds. The Bertz CT molecular complexity index is 626. The average molecular weight is 391 g/mol. The second-order valence-electron chi connectivity index (χ2n) is 4.00. The molecule has 0 saturated heterocycles. The van der Waals surface area contributed by atoms with Gasteiger partial charge >= 0.3 is 0 Å². The average Bonchev–Trinajstić information content (AvgIpc) is 2.42. The van der Waals surface area contributed by atoms with Gasteiger partial charge in [0.15, 0.2) is 0 Å². The molecule has 1 aliphatic rings. The van der Waals surface area contributed by atoms with Crippen LogP contribution in [0.15, 0.2) is 47.4 Å². The number of sulfonamides is 1. The van der Waals surface area contributed by atoms with Gasteiger partial charge in [0, 0.05) is 22.9 Å². The van der Waals surface area contributed by atoms with E-state index in [-0.39, 0.29) is 4.91 Å². The minimum atomic E-state index is -3.64. The lowest BCUT2D eigenvalue weighted by molar-refractivity contribution is 0.597. The standard InChI is InChI=1S/C12H14IN3O2S/c13-15-16(12-9-5-4-8-11(12)14)19(17,18)10-6-2-1-3-7-10/h2,4-9,15H,1,3,14H2. The van der Waals surface area contributed by atoms with E-state index in [4.69, 9.17) is 5.73 Å². The van der Waals surface area contributed by atoms with Crippen molar-refractivity contribution in [2.45, 2.75) is 12.8 Å². The summed E-state index contributed by atoms with van der Waals surface area (Å²) in [6, 6.07) is 6.83. The Morgan fingerprint density at radius 1 is 1.26 bits per heavy atom. The number of hydrogen-bond acceptors (Lipinski definition) is 4. The van der Waals surface area contributed by atoms with Gasteiger partial charge in [0.2, 0.25) is 0 Å². The molecular formula is C12H14IN3O2S. The van der Waals surface area contributed by atoms with Gasteiger partial charge in [0.05, 0.1) is 16.3 Å².